The lowest BCUT2D eigenvalue weighted by molar-refractivity contribution is -0.133. The van der Waals surface area contributed by atoms with Gasteiger partial charge in [-0.05, 0) is 53.6 Å². The van der Waals surface area contributed by atoms with Crippen LogP contribution in [-0.2, 0) is 27.4 Å². The van der Waals surface area contributed by atoms with Gasteiger partial charge in [0.2, 0.25) is 11.8 Å². The molecule has 1 N–H and O–H groups in total. The van der Waals surface area contributed by atoms with E-state index in [1.165, 1.54) is 7.11 Å². The molecule has 0 radical (unpaired) electrons. The standard InChI is InChI=1S/C32H33N5O4/c1-35-12-14-36(15-13-35)20-28(38)37-18-23-8-10-25(16-24(23)19-37)33-30(21-6-4-3-5-7-21)29-26-11-9-22(32(40)41-2)17-27(26)34-31(29)39/h3-11,16-17,29H,12-15,18-20H2,1-2H3,(H,34,39). The van der Waals surface area contributed by atoms with Crippen molar-refractivity contribution in [2.24, 2.45) is 4.99 Å². The van der Waals surface area contributed by atoms with Crippen LogP contribution < -0.4 is 5.32 Å². The Hall–Kier alpha value is -4.34. The number of aliphatic imine (C=N–C) groups is 1. The maximum absolute atomic E-state index is 13.3. The minimum absolute atomic E-state index is 0.145. The number of esters is 1. The number of anilines is 1. The molecule has 3 aliphatic heterocycles. The van der Waals surface area contributed by atoms with Crippen LogP contribution in [0.25, 0.3) is 0 Å². The molecule has 41 heavy (non-hydrogen) atoms. The number of carbonyl (C=O) groups is 3. The third-order valence-electron chi connectivity index (χ3n) is 8.12. The van der Waals surface area contributed by atoms with Gasteiger partial charge in [-0.25, -0.2) is 4.79 Å². The molecule has 0 aromatic heterocycles. The maximum atomic E-state index is 13.3. The van der Waals surface area contributed by atoms with E-state index >= 15 is 0 Å². The van der Waals surface area contributed by atoms with Crippen LogP contribution in [0, 0.1) is 0 Å². The molecule has 1 saturated heterocycles. The van der Waals surface area contributed by atoms with Crippen LogP contribution in [0.15, 0.2) is 71.7 Å². The Bertz CT molecular complexity index is 1530. The minimum Gasteiger partial charge on any atom is -0.465 e. The Morgan fingerprint density at radius 2 is 1.68 bits per heavy atom. The predicted molar refractivity (Wildman–Crippen MR) is 156 cm³/mol. The second-order valence-corrected chi connectivity index (χ2v) is 10.9. The Labute approximate surface area is 239 Å². The highest BCUT2D eigenvalue weighted by molar-refractivity contribution is 6.24. The van der Waals surface area contributed by atoms with E-state index in [0.29, 0.717) is 36.6 Å². The third-order valence-corrected chi connectivity index (χ3v) is 8.12. The van der Waals surface area contributed by atoms with Gasteiger partial charge in [-0.3, -0.25) is 19.5 Å². The van der Waals surface area contributed by atoms with Gasteiger partial charge in [-0.1, -0.05) is 42.5 Å². The minimum atomic E-state index is -0.644. The number of nitrogens with one attached hydrogen (secondary N) is 1. The van der Waals surface area contributed by atoms with Gasteiger partial charge in [0.1, 0.15) is 5.92 Å². The Morgan fingerprint density at radius 3 is 2.44 bits per heavy atom. The fourth-order valence-electron chi connectivity index (χ4n) is 5.75. The highest BCUT2D eigenvalue weighted by atomic mass is 16.5. The van der Waals surface area contributed by atoms with Crippen LogP contribution in [0.1, 0.15) is 38.5 Å². The van der Waals surface area contributed by atoms with Gasteiger partial charge in [0.25, 0.3) is 0 Å². The zero-order chi connectivity index (χ0) is 28.5. The van der Waals surface area contributed by atoms with Crippen molar-refractivity contribution in [1.82, 2.24) is 14.7 Å². The van der Waals surface area contributed by atoms with E-state index in [1.807, 2.05) is 53.4 Å². The average Bonchev–Trinajstić information content (AvgIpc) is 3.56. The van der Waals surface area contributed by atoms with E-state index in [4.69, 9.17) is 9.73 Å². The Morgan fingerprint density at radius 1 is 0.927 bits per heavy atom. The molecular formula is C32H33N5O4. The number of hydrogen-bond donors (Lipinski definition) is 1. The zero-order valence-corrected chi connectivity index (χ0v) is 23.3. The number of amides is 2. The lowest BCUT2D eigenvalue weighted by Crippen LogP contribution is -2.48. The van der Waals surface area contributed by atoms with Crippen molar-refractivity contribution < 1.29 is 19.1 Å². The van der Waals surface area contributed by atoms with Crippen molar-refractivity contribution in [1.29, 1.82) is 0 Å². The van der Waals surface area contributed by atoms with E-state index < -0.39 is 11.9 Å². The van der Waals surface area contributed by atoms with E-state index in [-0.39, 0.29) is 11.8 Å². The van der Waals surface area contributed by atoms with Crippen molar-refractivity contribution in [3.63, 3.8) is 0 Å². The van der Waals surface area contributed by atoms with Crippen molar-refractivity contribution >= 4 is 34.9 Å². The molecule has 3 heterocycles. The number of ether oxygens (including phenoxy) is 1. The number of piperazine rings is 1. The van der Waals surface area contributed by atoms with Crippen LogP contribution in [0.4, 0.5) is 11.4 Å². The van der Waals surface area contributed by atoms with Crippen LogP contribution >= 0.6 is 0 Å². The summed E-state index contributed by atoms with van der Waals surface area (Å²) in [5.41, 5.74) is 6.08. The molecule has 0 saturated carbocycles. The molecular weight excluding hydrogens is 518 g/mol. The smallest absolute Gasteiger partial charge is 0.337 e. The molecule has 2 amide bonds. The van der Waals surface area contributed by atoms with Crippen molar-refractivity contribution in [3.8, 4) is 0 Å². The first-order valence-corrected chi connectivity index (χ1v) is 13.9. The zero-order valence-electron chi connectivity index (χ0n) is 23.3. The lowest BCUT2D eigenvalue weighted by atomic mass is 9.90. The number of nitrogens with zero attached hydrogens (tertiary/aromatic N) is 4. The molecule has 3 aromatic carbocycles. The second-order valence-electron chi connectivity index (χ2n) is 10.9. The van der Waals surface area contributed by atoms with Gasteiger partial charge >= 0.3 is 5.97 Å². The fourth-order valence-corrected chi connectivity index (χ4v) is 5.75. The largest absolute Gasteiger partial charge is 0.465 e. The van der Waals surface area contributed by atoms with Gasteiger partial charge in [-0.15, -0.1) is 0 Å². The van der Waals surface area contributed by atoms with Gasteiger partial charge in [0.05, 0.1) is 30.6 Å². The SMILES string of the molecule is COC(=O)c1ccc2c(c1)NC(=O)C2C(=Nc1ccc2c(c1)CN(C(=O)CN1CCN(C)CC1)C2)c1ccccc1. The Kier molecular flexibility index (Phi) is 7.38. The third kappa shape index (κ3) is 5.51. The average molecular weight is 552 g/mol. The summed E-state index contributed by atoms with van der Waals surface area (Å²) in [6, 6.07) is 20.8. The van der Waals surface area contributed by atoms with Crippen LogP contribution in [-0.4, -0.2) is 85.1 Å². The molecule has 1 atom stereocenters. The molecule has 9 heteroatoms. The number of likely N-dealkylation sites (N-methyl/N-ethyl adjacent to an activating group) is 1. The topological polar surface area (TPSA) is 94.5 Å². The highest BCUT2D eigenvalue weighted by Crippen LogP contribution is 2.37. The van der Waals surface area contributed by atoms with Crippen LogP contribution in [0.3, 0.4) is 0 Å². The van der Waals surface area contributed by atoms with Crippen molar-refractivity contribution in [2.75, 3.05) is 52.2 Å². The second kappa shape index (κ2) is 11.3. The molecule has 3 aliphatic rings. The fraction of sp³-hybridized carbons (Fsp3) is 0.312. The van der Waals surface area contributed by atoms with E-state index in [0.717, 1.165) is 54.1 Å². The van der Waals surface area contributed by atoms with E-state index in [1.54, 1.807) is 18.2 Å². The summed E-state index contributed by atoms with van der Waals surface area (Å²) >= 11 is 0. The molecule has 210 valence electrons. The quantitative estimate of drug-likeness (QED) is 0.373. The molecule has 0 bridgehead atoms. The predicted octanol–water partition coefficient (Wildman–Crippen LogP) is 3.42. The summed E-state index contributed by atoms with van der Waals surface area (Å²) in [4.78, 5) is 49.9. The number of hydrogen-bond acceptors (Lipinski definition) is 7. The highest BCUT2D eigenvalue weighted by Gasteiger charge is 2.36. The van der Waals surface area contributed by atoms with Crippen LogP contribution in [0.5, 0.6) is 0 Å². The van der Waals surface area contributed by atoms with Crippen molar-refractivity contribution in [2.45, 2.75) is 19.0 Å². The molecule has 9 nitrogen and oxygen atoms in total. The number of methoxy groups -OCH3 is 1. The number of benzene rings is 3. The molecule has 6 rings (SSSR count). The Balaban J connectivity index is 1.27. The summed E-state index contributed by atoms with van der Waals surface area (Å²) in [6.07, 6.45) is 0. The molecule has 0 spiro atoms. The molecule has 0 aliphatic carbocycles. The first-order chi connectivity index (χ1) is 19.9. The van der Waals surface area contributed by atoms with Gasteiger partial charge in [0, 0.05) is 45.0 Å². The molecule has 1 fully saturated rings. The summed E-state index contributed by atoms with van der Waals surface area (Å²) in [7, 11) is 3.44. The number of carbonyl (C=O) groups excluding carboxylic acids is 3. The monoisotopic (exact) mass is 551 g/mol. The van der Waals surface area contributed by atoms with Gasteiger partial charge in [-0.2, -0.15) is 0 Å². The summed E-state index contributed by atoms with van der Waals surface area (Å²) in [5.74, 6) is -1.16. The normalized spacial score (nSPS) is 19.1. The number of rotatable bonds is 6. The maximum Gasteiger partial charge on any atom is 0.337 e. The van der Waals surface area contributed by atoms with Crippen molar-refractivity contribution in [3.05, 3.63) is 94.5 Å². The first-order valence-electron chi connectivity index (χ1n) is 13.9. The number of fused-ring (bicyclic) bond motifs is 2. The summed E-state index contributed by atoms with van der Waals surface area (Å²) in [6.45, 7) is 5.37. The summed E-state index contributed by atoms with van der Waals surface area (Å²) < 4.78 is 4.84. The van der Waals surface area contributed by atoms with Crippen LogP contribution in [0.2, 0.25) is 0 Å². The van der Waals surface area contributed by atoms with E-state index in [9.17, 15) is 14.4 Å². The molecule has 1 unspecified atom stereocenters. The van der Waals surface area contributed by atoms with E-state index in [2.05, 4.69) is 22.2 Å². The van der Waals surface area contributed by atoms with Gasteiger partial charge in [0.15, 0.2) is 0 Å². The van der Waals surface area contributed by atoms with Gasteiger partial charge < -0.3 is 19.9 Å². The first kappa shape index (κ1) is 26.9. The summed E-state index contributed by atoms with van der Waals surface area (Å²) in [5, 5.41) is 2.92. The lowest BCUT2D eigenvalue weighted by Gasteiger charge is -2.32. The molecule has 3 aromatic rings.